The van der Waals surface area contributed by atoms with Crippen LogP contribution in [0.4, 0.5) is 0 Å². The van der Waals surface area contributed by atoms with Gasteiger partial charge < -0.3 is 10.0 Å². The zero-order valence-electron chi connectivity index (χ0n) is 14.0. The molecule has 124 valence electrons. The van der Waals surface area contributed by atoms with Crippen molar-refractivity contribution in [2.24, 2.45) is 17.8 Å². The number of hydrogen-bond acceptors (Lipinski definition) is 2. The van der Waals surface area contributed by atoms with Gasteiger partial charge in [0.15, 0.2) is 0 Å². The molecule has 0 unspecified atom stereocenters. The molecule has 1 aromatic rings. The van der Waals surface area contributed by atoms with Crippen molar-refractivity contribution in [2.45, 2.75) is 44.1 Å². The minimum Gasteiger partial charge on any atom is -0.385 e. The van der Waals surface area contributed by atoms with Crippen LogP contribution in [0.15, 0.2) is 42.5 Å². The molecule has 2 heteroatoms. The van der Waals surface area contributed by atoms with Crippen LogP contribution in [-0.2, 0) is 5.60 Å². The van der Waals surface area contributed by atoms with Gasteiger partial charge in [0.25, 0.3) is 0 Å². The van der Waals surface area contributed by atoms with Gasteiger partial charge in [0.2, 0.25) is 0 Å². The van der Waals surface area contributed by atoms with Crippen LogP contribution in [0.25, 0.3) is 0 Å². The van der Waals surface area contributed by atoms with Crippen LogP contribution in [0.1, 0.15) is 44.1 Å². The van der Waals surface area contributed by atoms with Crippen molar-refractivity contribution < 1.29 is 5.11 Å². The zero-order valence-corrected chi connectivity index (χ0v) is 14.0. The molecule has 4 atom stereocenters. The van der Waals surface area contributed by atoms with Gasteiger partial charge in [0.05, 0.1) is 5.60 Å². The standard InChI is InChI=1S/C21H29NO/c23-21(19-7-3-1-4-8-19,11-14-22-12-5-2-6-13-22)20-16-17-9-10-18(20)15-17/h1,3-4,7-10,17-18,20,23H,2,5-6,11-16H2/t17-,18+,20+,21+/m1/s1. The average Bonchev–Trinajstić information content (AvgIpc) is 3.25. The Morgan fingerprint density at radius 2 is 1.78 bits per heavy atom. The Hall–Kier alpha value is -1.12. The molecule has 2 aliphatic carbocycles. The Bertz CT molecular complexity index is 548. The first-order valence-electron chi connectivity index (χ1n) is 9.44. The fraction of sp³-hybridized carbons (Fsp3) is 0.619. The molecule has 0 radical (unpaired) electrons. The van der Waals surface area contributed by atoms with E-state index in [0.717, 1.165) is 24.9 Å². The van der Waals surface area contributed by atoms with Crippen LogP contribution in [0, 0.1) is 17.8 Å². The topological polar surface area (TPSA) is 23.5 Å². The van der Waals surface area contributed by atoms with Crippen LogP contribution in [0.2, 0.25) is 0 Å². The summed E-state index contributed by atoms with van der Waals surface area (Å²) in [5, 5.41) is 11.8. The molecule has 2 nitrogen and oxygen atoms in total. The summed E-state index contributed by atoms with van der Waals surface area (Å²) in [6, 6.07) is 10.5. The average molecular weight is 311 g/mol. The molecule has 23 heavy (non-hydrogen) atoms. The smallest absolute Gasteiger partial charge is 0.0942 e. The lowest BCUT2D eigenvalue weighted by Crippen LogP contribution is -2.42. The first-order chi connectivity index (χ1) is 11.3. The van der Waals surface area contributed by atoms with Crippen LogP contribution in [-0.4, -0.2) is 29.6 Å². The molecule has 0 aromatic heterocycles. The second kappa shape index (κ2) is 6.41. The van der Waals surface area contributed by atoms with Crippen molar-refractivity contribution in [1.29, 1.82) is 0 Å². The SMILES string of the molecule is O[C@@](CCN1CCCCC1)(c1ccccc1)[C@H]1C[C@@H]2C=C[C@H]1C2. The molecule has 1 heterocycles. The molecule has 1 aromatic carbocycles. The van der Waals surface area contributed by atoms with E-state index in [9.17, 15) is 5.11 Å². The number of nitrogens with zero attached hydrogens (tertiary/aromatic N) is 1. The fourth-order valence-electron chi connectivity index (χ4n) is 5.11. The lowest BCUT2D eigenvalue weighted by molar-refractivity contribution is -0.0495. The van der Waals surface area contributed by atoms with E-state index in [4.69, 9.17) is 0 Å². The first kappa shape index (κ1) is 15.4. The Kier molecular flexibility index (Phi) is 4.29. The monoisotopic (exact) mass is 311 g/mol. The van der Waals surface area contributed by atoms with Crippen LogP contribution < -0.4 is 0 Å². The number of allylic oxidation sites excluding steroid dienone is 2. The van der Waals surface area contributed by atoms with Gasteiger partial charge in [0, 0.05) is 6.54 Å². The molecule has 3 aliphatic rings. The molecule has 1 saturated heterocycles. The van der Waals surface area contributed by atoms with E-state index >= 15 is 0 Å². The third-order valence-electron chi connectivity index (χ3n) is 6.42. The highest BCUT2D eigenvalue weighted by Gasteiger charge is 2.48. The van der Waals surface area contributed by atoms with Gasteiger partial charge in [0.1, 0.15) is 0 Å². The first-order valence-corrected chi connectivity index (χ1v) is 9.44. The number of fused-ring (bicyclic) bond motifs is 2. The van der Waals surface area contributed by atoms with Gasteiger partial charge in [-0.1, -0.05) is 48.9 Å². The van der Waals surface area contributed by atoms with Crippen molar-refractivity contribution >= 4 is 0 Å². The summed E-state index contributed by atoms with van der Waals surface area (Å²) >= 11 is 0. The fourth-order valence-corrected chi connectivity index (χ4v) is 5.11. The van der Waals surface area contributed by atoms with Gasteiger partial charge in [-0.2, -0.15) is 0 Å². The summed E-state index contributed by atoms with van der Waals surface area (Å²) in [5.41, 5.74) is 0.464. The summed E-state index contributed by atoms with van der Waals surface area (Å²) in [6.45, 7) is 3.45. The number of aliphatic hydroxyl groups is 1. The second-order valence-electron chi connectivity index (χ2n) is 7.83. The largest absolute Gasteiger partial charge is 0.385 e. The van der Waals surface area contributed by atoms with Crippen LogP contribution in [0.3, 0.4) is 0 Å². The van der Waals surface area contributed by atoms with E-state index in [1.165, 1.54) is 38.8 Å². The molecule has 1 N–H and O–H groups in total. The van der Waals surface area contributed by atoms with Gasteiger partial charge in [-0.05, 0) is 68.5 Å². The quantitative estimate of drug-likeness (QED) is 0.832. The van der Waals surface area contributed by atoms with E-state index in [-0.39, 0.29) is 0 Å². The number of benzene rings is 1. The normalized spacial score (nSPS) is 33.0. The van der Waals surface area contributed by atoms with Gasteiger partial charge in [-0.15, -0.1) is 0 Å². The van der Waals surface area contributed by atoms with Crippen molar-refractivity contribution in [3.05, 3.63) is 48.0 Å². The summed E-state index contributed by atoms with van der Waals surface area (Å²) in [6.07, 6.45) is 12.0. The van der Waals surface area contributed by atoms with Crippen molar-refractivity contribution in [1.82, 2.24) is 4.90 Å². The number of rotatable bonds is 5. The van der Waals surface area contributed by atoms with Crippen molar-refractivity contribution in [2.75, 3.05) is 19.6 Å². The molecular weight excluding hydrogens is 282 g/mol. The Morgan fingerprint density at radius 1 is 1.00 bits per heavy atom. The number of likely N-dealkylation sites (tertiary alicyclic amines) is 1. The third kappa shape index (κ3) is 2.99. The molecule has 0 spiro atoms. The molecule has 0 amide bonds. The van der Waals surface area contributed by atoms with Crippen molar-refractivity contribution in [3.8, 4) is 0 Å². The van der Waals surface area contributed by atoms with E-state index < -0.39 is 5.60 Å². The molecule has 1 aliphatic heterocycles. The minimum absolute atomic E-state index is 0.393. The Labute approximate surface area is 140 Å². The van der Waals surface area contributed by atoms with Gasteiger partial charge >= 0.3 is 0 Å². The van der Waals surface area contributed by atoms with Crippen LogP contribution in [0.5, 0.6) is 0 Å². The summed E-state index contributed by atoms with van der Waals surface area (Å²) < 4.78 is 0. The van der Waals surface area contributed by atoms with E-state index in [2.05, 4.69) is 47.4 Å². The maximum absolute atomic E-state index is 11.8. The molecular formula is C21H29NO. The number of hydrogen-bond donors (Lipinski definition) is 1. The van der Waals surface area contributed by atoms with E-state index in [1.54, 1.807) is 0 Å². The van der Waals surface area contributed by atoms with Gasteiger partial charge in [-0.3, -0.25) is 0 Å². The van der Waals surface area contributed by atoms with Crippen molar-refractivity contribution in [3.63, 3.8) is 0 Å². The highest BCUT2D eigenvalue weighted by atomic mass is 16.3. The maximum Gasteiger partial charge on any atom is 0.0942 e. The molecule has 2 fully saturated rings. The van der Waals surface area contributed by atoms with Gasteiger partial charge in [-0.25, -0.2) is 0 Å². The minimum atomic E-state index is -0.664. The van der Waals surface area contributed by atoms with Crippen LogP contribution >= 0.6 is 0 Å². The lowest BCUT2D eigenvalue weighted by Gasteiger charge is -2.40. The zero-order chi connectivity index (χ0) is 15.7. The number of piperidine rings is 1. The van der Waals surface area contributed by atoms with E-state index in [0.29, 0.717) is 17.8 Å². The molecule has 4 rings (SSSR count). The lowest BCUT2D eigenvalue weighted by atomic mass is 9.72. The third-order valence-corrected chi connectivity index (χ3v) is 6.42. The Balaban J connectivity index is 1.55. The summed E-state index contributed by atoms with van der Waals surface area (Å²) in [4.78, 5) is 2.56. The highest BCUT2D eigenvalue weighted by Crippen LogP contribution is 2.52. The second-order valence-corrected chi connectivity index (χ2v) is 7.83. The predicted octanol–water partition coefficient (Wildman–Crippen LogP) is 3.96. The predicted molar refractivity (Wildman–Crippen MR) is 94.1 cm³/mol. The summed E-state index contributed by atoms with van der Waals surface area (Å²) in [7, 11) is 0. The molecule has 2 bridgehead atoms. The maximum atomic E-state index is 11.8. The van der Waals surface area contributed by atoms with E-state index in [1.807, 2.05) is 0 Å². The summed E-state index contributed by atoms with van der Waals surface area (Å²) in [5.74, 6) is 1.67. The Morgan fingerprint density at radius 3 is 2.43 bits per heavy atom. The highest BCUT2D eigenvalue weighted by molar-refractivity contribution is 5.27. The molecule has 1 saturated carbocycles.